The van der Waals surface area contributed by atoms with Crippen LogP contribution in [0, 0.1) is 0 Å². The highest BCUT2D eigenvalue weighted by molar-refractivity contribution is 5.77. The average molecular weight is 369 g/mol. The number of halogens is 3. The minimum atomic E-state index is -4.39. The van der Waals surface area contributed by atoms with Crippen LogP contribution in [0.15, 0.2) is 24.3 Å². The Hall–Kier alpha value is -1.60. The Morgan fingerprint density at radius 2 is 1.92 bits per heavy atom. The molecule has 2 unspecified atom stereocenters. The number of amides is 1. The van der Waals surface area contributed by atoms with Gasteiger partial charge in [-0.05, 0) is 24.0 Å². The molecule has 0 aromatic heterocycles. The highest BCUT2D eigenvalue weighted by Crippen LogP contribution is 2.36. The lowest BCUT2D eigenvalue weighted by atomic mass is 9.92. The lowest BCUT2D eigenvalue weighted by Gasteiger charge is -2.32. The first-order valence-corrected chi connectivity index (χ1v) is 9.25. The molecule has 2 heterocycles. The molecule has 0 spiro atoms. The SMILES string of the molecule is CC(CC(=O)N1CCC(N2CCNCC2)C1)c1ccccc1C(F)(F)F. The van der Waals surface area contributed by atoms with Crippen molar-refractivity contribution in [1.82, 2.24) is 15.1 Å². The molecular weight excluding hydrogens is 343 g/mol. The van der Waals surface area contributed by atoms with Crippen LogP contribution in [0.1, 0.15) is 36.8 Å². The summed E-state index contributed by atoms with van der Waals surface area (Å²) >= 11 is 0. The summed E-state index contributed by atoms with van der Waals surface area (Å²) in [5, 5.41) is 3.32. The lowest BCUT2D eigenvalue weighted by molar-refractivity contribution is -0.139. The Labute approximate surface area is 152 Å². The van der Waals surface area contributed by atoms with E-state index in [1.54, 1.807) is 13.0 Å². The Morgan fingerprint density at radius 1 is 1.23 bits per heavy atom. The first-order valence-electron chi connectivity index (χ1n) is 9.25. The fourth-order valence-electron chi connectivity index (χ4n) is 4.00. The van der Waals surface area contributed by atoms with Crippen molar-refractivity contribution in [2.75, 3.05) is 39.3 Å². The van der Waals surface area contributed by atoms with Crippen molar-refractivity contribution in [2.45, 2.75) is 37.9 Å². The summed E-state index contributed by atoms with van der Waals surface area (Å²) < 4.78 is 39.6. The molecule has 0 aliphatic carbocycles. The van der Waals surface area contributed by atoms with Gasteiger partial charge in [0.1, 0.15) is 0 Å². The first kappa shape index (κ1) is 19.2. The van der Waals surface area contributed by atoms with Gasteiger partial charge < -0.3 is 10.2 Å². The van der Waals surface area contributed by atoms with Gasteiger partial charge in [-0.1, -0.05) is 25.1 Å². The molecule has 26 heavy (non-hydrogen) atoms. The molecule has 2 saturated heterocycles. The number of carbonyl (C=O) groups is 1. The van der Waals surface area contributed by atoms with Gasteiger partial charge in [-0.15, -0.1) is 0 Å². The van der Waals surface area contributed by atoms with Crippen LogP contribution in [0.2, 0.25) is 0 Å². The fraction of sp³-hybridized carbons (Fsp3) is 0.632. The third-order valence-electron chi connectivity index (χ3n) is 5.46. The summed E-state index contributed by atoms with van der Waals surface area (Å²) in [4.78, 5) is 16.9. The molecule has 4 nitrogen and oxygen atoms in total. The van der Waals surface area contributed by atoms with Gasteiger partial charge in [0.25, 0.3) is 0 Å². The van der Waals surface area contributed by atoms with Crippen molar-refractivity contribution in [1.29, 1.82) is 0 Å². The highest BCUT2D eigenvalue weighted by Gasteiger charge is 2.35. The lowest BCUT2D eigenvalue weighted by Crippen LogP contribution is -2.49. The number of nitrogens with zero attached hydrogens (tertiary/aromatic N) is 2. The van der Waals surface area contributed by atoms with Gasteiger partial charge in [-0.2, -0.15) is 13.2 Å². The largest absolute Gasteiger partial charge is 0.416 e. The van der Waals surface area contributed by atoms with E-state index in [1.807, 2.05) is 4.90 Å². The highest BCUT2D eigenvalue weighted by atomic mass is 19.4. The Balaban J connectivity index is 1.60. The zero-order chi connectivity index (χ0) is 18.7. The molecule has 1 aromatic carbocycles. The van der Waals surface area contributed by atoms with Gasteiger partial charge in [0, 0.05) is 51.7 Å². The van der Waals surface area contributed by atoms with Crippen LogP contribution in [0.4, 0.5) is 13.2 Å². The number of likely N-dealkylation sites (tertiary alicyclic amines) is 1. The fourth-order valence-corrected chi connectivity index (χ4v) is 4.00. The van der Waals surface area contributed by atoms with E-state index in [9.17, 15) is 18.0 Å². The summed E-state index contributed by atoms with van der Waals surface area (Å²) in [5.74, 6) is -0.509. The van der Waals surface area contributed by atoms with E-state index in [2.05, 4.69) is 10.2 Å². The molecular formula is C19H26F3N3O. The molecule has 0 saturated carbocycles. The topological polar surface area (TPSA) is 35.6 Å². The molecule has 2 fully saturated rings. The second kappa shape index (κ2) is 7.96. The summed E-state index contributed by atoms with van der Waals surface area (Å²) in [6.45, 7) is 7.00. The monoisotopic (exact) mass is 369 g/mol. The second-order valence-electron chi connectivity index (χ2n) is 7.26. The van der Waals surface area contributed by atoms with Crippen LogP contribution < -0.4 is 5.32 Å². The van der Waals surface area contributed by atoms with Crippen LogP contribution in [-0.4, -0.2) is 61.0 Å². The number of benzene rings is 1. The maximum absolute atomic E-state index is 13.2. The number of carbonyl (C=O) groups excluding carboxylic acids is 1. The van der Waals surface area contributed by atoms with Crippen LogP contribution >= 0.6 is 0 Å². The molecule has 2 aliphatic rings. The quantitative estimate of drug-likeness (QED) is 0.887. The zero-order valence-electron chi connectivity index (χ0n) is 15.1. The van der Waals surface area contributed by atoms with Gasteiger partial charge in [0.2, 0.25) is 5.91 Å². The van der Waals surface area contributed by atoms with Gasteiger partial charge in [0.05, 0.1) is 5.56 Å². The molecule has 1 N–H and O–H groups in total. The Morgan fingerprint density at radius 3 is 2.62 bits per heavy atom. The number of piperazine rings is 1. The van der Waals surface area contributed by atoms with Crippen molar-refractivity contribution >= 4 is 5.91 Å². The van der Waals surface area contributed by atoms with Crippen LogP contribution in [0.3, 0.4) is 0 Å². The van der Waals surface area contributed by atoms with Gasteiger partial charge in [-0.25, -0.2) is 0 Å². The molecule has 2 atom stereocenters. The number of nitrogens with one attached hydrogen (secondary N) is 1. The smallest absolute Gasteiger partial charge is 0.341 e. The van der Waals surface area contributed by atoms with Crippen LogP contribution in [-0.2, 0) is 11.0 Å². The van der Waals surface area contributed by atoms with Crippen LogP contribution in [0.5, 0.6) is 0 Å². The van der Waals surface area contributed by atoms with Crippen molar-refractivity contribution in [3.8, 4) is 0 Å². The van der Waals surface area contributed by atoms with Crippen molar-refractivity contribution < 1.29 is 18.0 Å². The maximum Gasteiger partial charge on any atom is 0.416 e. The van der Waals surface area contributed by atoms with E-state index in [1.165, 1.54) is 12.1 Å². The summed E-state index contributed by atoms with van der Waals surface area (Å²) in [6.07, 6.45) is -3.34. The Bertz CT molecular complexity index is 629. The van der Waals surface area contributed by atoms with E-state index in [-0.39, 0.29) is 17.9 Å². The van der Waals surface area contributed by atoms with E-state index >= 15 is 0 Å². The van der Waals surface area contributed by atoms with Gasteiger partial charge >= 0.3 is 6.18 Å². The molecule has 0 bridgehead atoms. The molecule has 0 radical (unpaired) electrons. The molecule has 1 aromatic rings. The van der Waals surface area contributed by atoms with Gasteiger partial charge in [0.15, 0.2) is 0 Å². The van der Waals surface area contributed by atoms with Crippen LogP contribution in [0.25, 0.3) is 0 Å². The van der Waals surface area contributed by atoms with Crippen molar-refractivity contribution in [2.24, 2.45) is 0 Å². The van der Waals surface area contributed by atoms with Gasteiger partial charge in [-0.3, -0.25) is 9.69 Å². The number of alkyl halides is 3. The van der Waals surface area contributed by atoms with Crippen molar-refractivity contribution in [3.05, 3.63) is 35.4 Å². The standard InChI is InChI=1S/C19H26F3N3O/c1-14(16-4-2-3-5-17(16)19(20,21)22)12-18(26)25-9-6-15(13-25)24-10-7-23-8-11-24/h2-5,14-15,23H,6-13H2,1H3. The third kappa shape index (κ3) is 4.38. The summed E-state index contributed by atoms with van der Waals surface area (Å²) in [6, 6.07) is 5.93. The summed E-state index contributed by atoms with van der Waals surface area (Å²) in [5.41, 5.74) is -0.438. The van der Waals surface area contributed by atoms with E-state index in [0.717, 1.165) is 38.7 Å². The molecule has 2 aliphatic heterocycles. The number of hydrogen-bond acceptors (Lipinski definition) is 3. The normalized spacial score (nSPS) is 23.2. The average Bonchev–Trinajstić information content (AvgIpc) is 3.12. The van der Waals surface area contributed by atoms with E-state index in [0.29, 0.717) is 19.1 Å². The number of hydrogen-bond donors (Lipinski definition) is 1. The maximum atomic E-state index is 13.2. The zero-order valence-corrected chi connectivity index (χ0v) is 15.1. The van der Waals surface area contributed by atoms with E-state index < -0.39 is 17.7 Å². The predicted molar refractivity (Wildman–Crippen MR) is 93.9 cm³/mol. The minimum absolute atomic E-state index is 0.0490. The third-order valence-corrected chi connectivity index (χ3v) is 5.46. The molecule has 3 rings (SSSR count). The summed E-state index contributed by atoms with van der Waals surface area (Å²) in [7, 11) is 0. The second-order valence-corrected chi connectivity index (χ2v) is 7.26. The predicted octanol–water partition coefficient (Wildman–Crippen LogP) is 2.71. The number of rotatable bonds is 4. The Kier molecular flexibility index (Phi) is 5.87. The van der Waals surface area contributed by atoms with E-state index in [4.69, 9.17) is 0 Å². The minimum Gasteiger partial charge on any atom is -0.341 e. The first-order chi connectivity index (χ1) is 12.4. The molecule has 144 valence electrons. The molecule has 1 amide bonds. The van der Waals surface area contributed by atoms with Crippen molar-refractivity contribution in [3.63, 3.8) is 0 Å². The molecule has 7 heteroatoms.